The fourth-order valence-electron chi connectivity index (χ4n) is 2.62. The van der Waals surface area contributed by atoms with Gasteiger partial charge in [0, 0.05) is 25.8 Å². The number of phenols is 1. The molecule has 4 heteroatoms. The predicted molar refractivity (Wildman–Crippen MR) is 82.3 cm³/mol. The van der Waals surface area contributed by atoms with Crippen LogP contribution in [-0.2, 0) is 20.7 Å². The second kappa shape index (κ2) is 5.46. The number of phenolic OH excluding ortho intramolecular Hbond substituents is 1. The largest absolute Gasteiger partial charge is 0.507 e. The molecule has 114 valence electrons. The summed E-state index contributed by atoms with van der Waals surface area (Å²) in [6.45, 7) is 3.44. The summed E-state index contributed by atoms with van der Waals surface area (Å²) < 4.78 is 10.8. The van der Waals surface area contributed by atoms with Crippen LogP contribution in [0.3, 0.4) is 0 Å². The van der Waals surface area contributed by atoms with Crippen molar-refractivity contribution in [1.82, 2.24) is 0 Å². The molecule has 1 N–H and O–H groups in total. The van der Waals surface area contributed by atoms with Gasteiger partial charge in [-0.3, -0.25) is 0 Å². The topological polar surface area (TPSA) is 55.8 Å². The van der Waals surface area contributed by atoms with Gasteiger partial charge in [0.25, 0.3) is 0 Å². The summed E-state index contributed by atoms with van der Waals surface area (Å²) in [6, 6.07) is 14.9. The zero-order chi connectivity index (χ0) is 15.7. The minimum atomic E-state index is -0.874. The van der Waals surface area contributed by atoms with E-state index in [2.05, 4.69) is 0 Å². The number of hydrogen-bond acceptors (Lipinski definition) is 4. The summed E-state index contributed by atoms with van der Waals surface area (Å²) in [5.74, 6) is -1.01. The molecular weight excluding hydrogens is 280 g/mol. The second-order valence-electron chi connectivity index (χ2n) is 5.85. The Morgan fingerprint density at radius 3 is 2.50 bits per heavy atom. The average molecular weight is 298 g/mol. The zero-order valence-electron chi connectivity index (χ0n) is 12.6. The lowest BCUT2D eigenvalue weighted by molar-refractivity contribution is -0.160. The fraction of sp³-hybridized carbons (Fsp3) is 0.278. The Hall–Kier alpha value is -2.33. The number of esters is 1. The molecule has 22 heavy (non-hydrogen) atoms. The third-order valence-electron chi connectivity index (χ3n) is 3.60. The summed E-state index contributed by atoms with van der Waals surface area (Å²) in [6.07, 6.45) is -0.189. The van der Waals surface area contributed by atoms with E-state index in [0.717, 1.165) is 16.7 Å². The molecule has 2 aromatic carbocycles. The van der Waals surface area contributed by atoms with Crippen molar-refractivity contribution < 1.29 is 19.4 Å². The van der Waals surface area contributed by atoms with Crippen LogP contribution in [0.25, 0.3) is 11.1 Å². The Bertz CT molecular complexity index is 691. The van der Waals surface area contributed by atoms with E-state index >= 15 is 0 Å². The molecular formula is C18H18O4. The normalized spacial score (nSPS) is 19.9. The van der Waals surface area contributed by atoms with Gasteiger partial charge in [0.1, 0.15) is 5.75 Å². The number of ether oxygens (including phenoxy) is 2. The number of aromatic hydroxyl groups is 1. The van der Waals surface area contributed by atoms with E-state index in [-0.39, 0.29) is 11.7 Å². The highest BCUT2D eigenvalue weighted by molar-refractivity contribution is 5.77. The van der Waals surface area contributed by atoms with Crippen LogP contribution in [0.4, 0.5) is 0 Å². The van der Waals surface area contributed by atoms with Gasteiger partial charge in [-0.25, -0.2) is 4.79 Å². The summed E-state index contributed by atoms with van der Waals surface area (Å²) in [5, 5.41) is 10.1. The summed E-state index contributed by atoms with van der Waals surface area (Å²) >= 11 is 0. The number of carbonyl (C=O) groups is 1. The van der Waals surface area contributed by atoms with Crippen molar-refractivity contribution in [2.45, 2.75) is 32.2 Å². The van der Waals surface area contributed by atoms with E-state index in [0.29, 0.717) is 6.42 Å². The van der Waals surface area contributed by atoms with Crippen LogP contribution in [0.2, 0.25) is 0 Å². The van der Waals surface area contributed by atoms with E-state index < -0.39 is 11.9 Å². The molecule has 0 spiro atoms. The summed E-state index contributed by atoms with van der Waals surface area (Å²) in [7, 11) is 0. The molecule has 1 atom stereocenters. The van der Waals surface area contributed by atoms with Crippen molar-refractivity contribution in [3.8, 4) is 16.9 Å². The highest BCUT2D eigenvalue weighted by Gasteiger charge is 2.40. The first-order chi connectivity index (χ1) is 10.4. The summed E-state index contributed by atoms with van der Waals surface area (Å²) in [4.78, 5) is 11.8. The van der Waals surface area contributed by atoms with Gasteiger partial charge in [0.15, 0.2) is 6.10 Å². The van der Waals surface area contributed by atoms with E-state index in [4.69, 9.17) is 9.47 Å². The molecule has 1 aliphatic heterocycles. The molecule has 2 aromatic rings. The van der Waals surface area contributed by atoms with Crippen molar-refractivity contribution in [2.75, 3.05) is 0 Å². The minimum Gasteiger partial charge on any atom is -0.507 e. The van der Waals surface area contributed by atoms with Gasteiger partial charge >= 0.3 is 5.97 Å². The van der Waals surface area contributed by atoms with Crippen molar-refractivity contribution in [3.63, 3.8) is 0 Å². The lowest BCUT2D eigenvalue weighted by Gasteiger charge is -2.15. The van der Waals surface area contributed by atoms with Crippen LogP contribution in [0, 0.1) is 0 Å². The van der Waals surface area contributed by atoms with Crippen molar-refractivity contribution in [1.29, 1.82) is 0 Å². The predicted octanol–water partition coefficient (Wildman–Crippen LogP) is 3.28. The quantitative estimate of drug-likeness (QED) is 0.884. The molecule has 0 aromatic heterocycles. The molecule has 0 radical (unpaired) electrons. The standard InChI is InChI=1S/C18H18O4/c1-18(2)21-16(17(20)22-18)11-12-8-9-15(19)14(10-12)13-6-4-3-5-7-13/h3-10,16,19H,11H2,1-2H3. The molecule has 0 amide bonds. The maximum absolute atomic E-state index is 11.8. The Labute approximate surface area is 129 Å². The molecule has 1 unspecified atom stereocenters. The van der Waals surface area contributed by atoms with Crippen LogP contribution in [0.15, 0.2) is 48.5 Å². The number of rotatable bonds is 3. The number of hydrogen-bond donors (Lipinski definition) is 1. The zero-order valence-corrected chi connectivity index (χ0v) is 12.6. The van der Waals surface area contributed by atoms with Crippen LogP contribution in [0.1, 0.15) is 19.4 Å². The first-order valence-electron chi connectivity index (χ1n) is 7.22. The minimum absolute atomic E-state index is 0.213. The van der Waals surface area contributed by atoms with Crippen LogP contribution < -0.4 is 0 Å². The van der Waals surface area contributed by atoms with Gasteiger partial charge in [-0.05, 0) is 23.3 Å². The fourth-order valence-corrected chi connectivity index (χ4v) is 2.62. The van der Waals surface area contributed by atoms with Gasteiger partial charge in [-0.15, -0.1) is 0 Å². The monoisotopic (exact) mass is 298 g/mol. The van der Waals surface area contributed by atoms with Crippen LogP contribution >= 0.6 is 0 Å². The number of cyclic esters (lactones) is 1. The van der Waals surface area contributed by atoms with E-state index in [9.17, 15) is 9.90 Å². The molecule has 4 nitrogen and oxygen atoms in total. The molecule has 3 rings (SSSR count). The number of benzene rings is 2. The average Bonchev–Trinajstić information content (AvgIpc) is 2.74. The van der Waals surface area contributed by atoms with Gasteiger partial charge in [-0.1, -0.05) is 36.4 Å². The maximum atomic E-state index is 11.8. The number of carbonyl (C=O) groups excluding carboxylic acids is 1. The van der Waals surface area contributed by atoms with Crippen LogP contribution in [-0.4, -0.2) is 23.0 Å². The van der Waals surface area contributed by atoms with E-state index in [1.807, 2.05) is 36.4 Å². The Morgan fingerprint density at radius 2 is 1.86 bits per heavy atom. The molecule has 1 fully saturated rings. The van der Waals surface area contributed by atoms with Crippen molar-refractivity contribution >= 4 is 5.97 Å². The highest BCUT2D eigenvalue weighted by atomic mass is 16.8. The first kappa shape index (κ1) is 14.6. The Balaban J connectivity index is 1.86. The van der Waals surface area contributed by atoms with Crippen LogP contribution in [0.5, 0.6) is 5.75 Å². The van der Waals surface area contributed by atoms with E-state index in [1.54, 1.807) is 26.0 Å². The molecule has 1 heterocycles. The lowest BCUT2D eigenvalue weighted by Crippen LogP contribution is -2.22. The third-order valence-corrected chi connectivity index (χ3v) is 3.60. The van der Waals surface area contributed by atoms with Gasteiger partial charge < -0.3 is 14.6 Å². The smallest absolute Gasteiger partial charge is 0.338 e. The molecule has 1 saturated heterocycles. The molecule has 1 aliphatic rings. The Morgan fingerprint density at radius 1 is 1.14 bits per heavy atom. The Kier molecular flexibility index (Phi) is 3.62. The van der Waals surface area contributed by atoms with E-state index in [1.165, 1.54) is 0 Å². The SMILES string of the molecule is CC1(C)OC(=O)C(Cc2ccc(O)c(-c3ccccc3)c2)O1. The van der Waals surface area contributed by atoms with Gasteiger partial charge in [-0.2, -0.15) is 0 Å². The molecule has 0 aliphatic carbocycles. The maximum Gasteiger partial charge on any atom is 0.338 e. The van der Waals surface area contributed by atoms with Gasteiger partial charge in [0.2, 0.25) is 5.79 Å². The van der Waals surface area contributed by atoms with Crippen molar-refractivity contribution in [3.05, 3.63) is 54.1 Å². The lowest BCUT2D eigenvalue weighted by atomic mass is 9.99. The van der Waals surface area contributed by atoms with Gasteiger partial charge in [0.05, 0.1) is 0 Å². The highest BCUT2D eigenvalue weighted by Crippen LogP contribution is 2.32. The molecule has 0 saturated carbocycles. The third kappa shape index (κ3) is 2.97. The molecule has 0 bridgehead atoms. The van der Waals surface area contributed by atoms with Crippen molar-refractivity contribution in [2.24, 2.45) is 0 Å². The second-order valence-corrected chi connectivity index (χ2v) is 5.85. The first-order valence-corrected chi connectivity index (χ1v) is 7.22. The summed E-state index contributed by atoms with van der Waals surface area (Å²) in [5.41, 5.74) is 2.58.